The van der Waals surface area contributed by atoms with E-state index in [2.05, 4.69) is 23.5 Å². The van der Waals surface area contributed by atoms with Crippen LogP contribution in [0.25, 0.3) is 0 Å². The van der Waals surface area contributed by atoms with Crippen molar-refractivity contribution in [1.29, 1.82) is 0 Å². The Balaban J connectivity index is 1.93. The Bertz CT molecular complexity index is 784. The molecule has 24 heavy (non-hydrogen) atoms. The van der Waals surface area contributed by atoms with Crippen LogP contribution in [0.2, 0.25) is 0 Å². The van der Waals surface area contributed by atoms with Crippen LogP contribution in [0, 0.1) is 13.8 Å². The Morgan fingerprint density at radius 1 is 1.17 bits per heavy atom. The molecular formula is C20H22N2O2. The van der Waals surface area contributed by atoms with Crippen molar-refractivity contribution in [2.45, 2.75) is 33.2 Å². The molecule has 0 aromatic heterocycles. The zero-order valence-corrected chi connectivity index (χ0v) is 14.3. The zero-order chi connectivity index (χ0) is 17.3. The second-order valence-electron chi connectivity index (χ2n) is 6.38. The topological polar surface area (TPSA) is 49.4 Å². The molecule has 1 aliphatic rings. The van der Waals surface area contributed by atoms with Crippen molar-refractivity contribution in [2.75, 3.05) is 11.4 Å². The van der Waals surface area contributed by atoms with E-state index in [4.69, 9.17) is 0 Å². The van der Waals surface area contributed by atoms with Gasteiger partial charge in [-0.15, -0.1) is 0 Å². The number of carbonyl (C=O) groups excluding carboxylic acids is 2. The Kier molecular flexibility index (Phi) is 4.38. The molecule has 3 rings (SSSR count). The van der Waals surface area contributed by atoms with Crippen molar-refractivity contribution in [1.82, 2.24) is 5.32 Å². The number of amides is 2. The van der Waals surface area contributed by atoms with E-state index in [0.717, 1.165) is 28.8 Å². The Labute approximate surface area is 142 Å². The number of rotatable bonds is 4. The minimum Gasteiger partial charge on any atom is -0.341 e. The number of benzene rings is 2. The standard InChI is InChI=1S/C20H22N2O2/c1-13-11-14(2)19-17(12-13)18(21-15(3)23)20(24)22(19)10-9-16-7-5-4-6-8-16/h4-8,11-12,18H,9-10H2,1-3H3,(H,21,23)/t18-/m1/s1. The van der Waals surface area contributed by atoms with Gasteiger partial charge in [-0.2, -0.15) is 0 Å². The molecule has 2 aromatic carbocycles. The summed E-state index contributed by atoms with van der Waals surface area (Å²) in [6.45, 7) is 6.08. The van der Waals surface area contributed by atoms with Gasteiger partial charge in [0.05, 0.1) is 5.69 Å². The molecule has 2 aromatic rings. The van der Waals surface area contributed by atoms with E-state index in [1.807, 2.05) is 43.0 Å². The predicted molar refractivity (Wildman–Crippen MR) is 95.0 cm³/mol. The number of aryl methyl sites for hydroxylation is 2. The third-order valence-corrected chi connectivity index (χ3v) is 4.38. The third-order valence-electron chi connectivity index (χ3n) is 4.38. The lowest BCUT2D eigenvalue weighted by Crippen LogP contribution is -2.37. The van der Waals surface area contributed by atoms with Gasteiger partial charge < -0.3 is 10.2 Å². The predicted octanol–water partition coefficient (Wildman–Crippen LogP) is 3.07. The van der Waals surface area contributed by atoms with Gasteiger partial charge in [-0.25, -0.2) is 0 Å². The van der Waals surface area contributed by atoms with Crippen molar-refractivity contribution in [3.8, 4) is 0 Å². The highest BCUT2D eigenvalue weighted by atomic mass is 16.2. The molecule has 2 amide bonds. The van der Waals surface area contributed by atoms with Crippen molar-refractivity contribution in [3.63, 3.8) is 0 Å². The fourth-order valence-electron chi connectivity index (χ4n) is 3.43. The number of fused-ring (bicyclic) bond motifs is 1. The fourth-order valence-corrected chi connectivity index (χ4v) is 3.43. The fraction of sp³-hybridized carbons (Fsp3) is 0.300. The lowest BCUT2D eigenvalue weighted by atomic mass is 10.0. The first-order valence-electron chi connectivity index (χ1n) is 8.21. The quantitative estimate of drug-likeness (QED) is 0.940. The summed E-state index contributed by atoms with van der Waals surface area (Å²) in [5.74, 6) is -0.242. The van der Waals surface area contributed by atoms with Gasteiger partial charge in [0.25, 0.3) is 5.91 Å². The molecular weight excluding hydrogens is 300 g/mol. The van der Waals surface area contributed by atoms with Gasteiger partial charge in [-0.3, -0.25) is 9.59 Å². The Hall–Kier alpha value is -2.62. The van der Waals surface area contributed by atoms with Gasteiger partial charge >= 0.3 is 0 Å². The summed E-state index contributed by atoms with van der Waals surface area (Å²) in [5, 5.41) is 2.80. The highest BCUT2D eigenvalue weighted by Gasteiger charge is 2.38. The molecule has 0 bridgehead atoms. The molecule has 0 unspecified atom stereocenters. The summed E-state index contributed by atoms with van der Waals surface area (Å²) in [6.07, 6.45) is 0.784. The molecule has 1 N–H and O–H groups in total. The van der Waals surface area contributed by atoms with Crippen LogP contribution in [0.5, 0.6) is 0 Å². The van der Waals surface area contributed by atoms with E-state index >= 15 is 0 Å². The number of nitrogens with zero attached hydrogens (tertiary/aromatic N) is 1. The summed E-state index contributed by atoms with van der Waals surface area (Å²) in [4.78, 5) is 26.2. The molecule has 1 heterocycles. The average Bonchev–Trinajstić information content (AvgIpc) is 2.79. The van der Waals surface area contributed by atoms with E-state index in [1.165, 1.54) is 12.5 Å². The first kappa shape index (κ1) is 16.2. The number of hydrogen-bond donors (Lipinski definition) is 1. The first-order valence-corrected chi connectivity index (χ1v) is 8.21. The second-order valence-corrected chi connectivity index (χ2v) is 6.38. The van der Waals surface area contributed by atoms with Gasteiger partial charge in [0, 0.05) is 19.0 Å². The van der Waals surface area contributed by atoms with Crippen molar-refractivity contribution < 1.29 is 9.59 Å². The SMILES string of the molecule is CC(=O)N[C@H]1C(=O)N(CCc2ccccc2)c2c(C)cc(C)cc21. The van der Waals surface area contributed by atoms with Crippen molar-refractivity contribution in [2.24, 2.45) is 0 Å². The monoisotopic (exact) mass is 322 g/mol. The third kappa shape index (κ3) is 3.04. The van der Waals surface area contributed by atoms with Crippen LogP contribution in [-0.2, 0) is 16.0 Å². The molecule has 4 heteroatoms. The average molecular weight is 322 g/mol. The van der Waals surface area contributed by atoms with Gasteiger partial charge in [0.2, 0.25) is 5.91 Å². The largest absolute Gasteiger partial charge is 0.341 e. The summed E-state index contributed by atoms with van der Waals surface area (Å²) < 4.78 is 0. The lowest BCUT2D eigenvalue weighted by Gasteiger charge is -2.20. The summed E-state index contributed by atoms with van der Waals surface area (Å²) in [5.41, 5.74) is 5.21. The van der Waals surface area contributed by atoms with Crippen LogP contribution >= 0.6 is 0 Å². The maximum absolute atomic E-state index is 12.9. The molecule has 124 valence electrons. The maximum Gasteiger partial charge on any atom is 0.254 e. The molecule has 1 aliphatic heterocycles. The molecule has 0 saturated carbocycles. The number of nitrogens with one attached hydrogen (secondary N) is 1. The lowest BCUT2D eigenvalue weighted by molar-refractivity contribution is -0.126. The Morgan fingerprint density at radius 3 is 2.54 bits per heavy atom. The van der Waals surface area contributed by atoms with Gasteiger partial charge in [0.15, 0.2) is 0 Å². The van der Waals surface area contributed by atoms with Gasteiger partial charge in [-0.1, -0.05) is 48.0 Å². The van der Waals surface area contributed by atoms with Crippen molar-refractivity contribution >= 4 is 17.5 Å². The van der Waals surface area contributed by atoms with Crippen LogP contribution in [0.15, 0.2) is 42.5 Å². The van der Waals surface area contributed by atoms with Gasteiger partial charge in [0.1, 0.15) is 6.04 Å². The van der Waals surface area contributed by atoms with E-state index in [9.17, 15) is 9.59 Å². The number of carbonyl (C=O) groups is 2. The van der Waals surface area contributed by atoms with Crippen molar-refractivity contribution in [3.05, 3.63) is 64.7 Å². The van der Waals surface area contributed by atoms with E-state index in [0.29, 0.717) is 6.54 Å². The first-order chi connectivity index (χ1) is 11.5. The smallest absolute Gasteiger partial charge is 0.254 e. The minimum atomic E-state index is -0.577. The van der Waals surface area contributed by atoms with Crippen LogP contribution in [0.4, 0.5) is 5.69 Å². The van der Waals surface area contributed by atoms with E-state index in [1.54, 1.807) is 0 Å². The minimum absolute atomic E-state index is 0.0511. The number of anilines is 1. The van der Waals surface area contributed by atoms with Crippen LogP contribution < -0.4 is 10.2 Å². The maximum atomic E-state index is 12.9. The Morgan fingerprint density at radius 2 is 1.88 bits per heavy atom. The summed E-state index contributed by atoms with van der Waals surface area (Å²) in [7, 11) is 0. The molecule has 0 radical (unpaired) electrons. The van der Waals surface area contributed by atoms with Gasteiger partial charge in [-0.05, 0) is 31.4 Å². The highest BCUT2D eigenvalue weighted by molar-refractivity contribution is 6.07. The zero-order valence-electron chi connectivity index (χ0n) is 14.3. The van der Waals surface area contributed by atoms with Crippen LogP contribution in [-0.4, -0.2) is 18.4 Å². The molecule has 0 aliphatic carbocycles. The molecule has 1 atom stereocenters. The second kappa shape index (κ2) is 6.48. The molecule has 4 nitrogen and oxygen atoms in total. The molecule has 0 fully saturated rings. The number of hydrogen-bond acceptors (Lipinski definition) is 2. The molecule has 0 spiro atoms. The van der Waals surface area contributed by atoms with Crippen LogP contribution in [0.3, 0.4) is 0 Å². The summed E-state index contributed by atoms with van der Waals surface area (Å²) >= 11 is 0. The molecule has 0 saturated heterocycles. The van der Waals surface area contributed by atoms with E-state index < -0.39 is 6.04 Å². The normalized spacial score (nSPS) is 16.2. The highest BCUT2D eigenvalue weighted by Crippen LogP contribution is 2.39. The summed E-state index contributed by atoms with van der Waals surface area (Å²) in [6, 6.07) is 13.6. The van der Waals surface area contributed by atoms with Crippen LogP contribution in [0.1, 0.15) is 35.2 Å². The van der Waals surface area contributed by atoms with E-state index in [-0.39, 0.29) is 11.8 Å².